The lowest BCUT2D eigenvalue weighted by atomic mass is 10.0. The van der Waals surface area contributed by atoms with Crippen LogP contribution in [0.4, 0.5) is 4.39 Å². The topological polar surface area (TPSA) is 33.0 Å². The van der Waals surface area contributed by atoms with E-state index < -0.39 is 0 Å². The van der Waals surface area contributed by atoms with Gasteiger partial charge in [0, 0.05) is 10.0 Å². The molecule has 0 radical (unpaired) electrons. The Hall–Kier alpha value is -2.90. The van der Waals surface area contributed by atoms with Crippen LogP contribution in [0.25, 0.3) is 11.6 Å². The lowest BCUT2D eigenvalue weighted by Gasteiger charge is -2.10. The molecule has 0 aromatic heterocycles. The van der Waals surface area contributed by atoms with Crippen LogP contribution in [0.5, 0.6) is 5.75 Å². The summed E-state index contributed by atoms with van der Waals surface area (Å²) < 4.78 is 20.1. The molecule has 0 N–H and O–H groups in total. The second-order valence-corrected chi connectivity index (χ2v) is 6.55. The van der Waals surface area contributed by atoms with E-state index in [9.17, 15) is 9.65 Å². The van der Waals surface area contributed by atoms with Crippen molar-refractivity contribution < 1.29 is 9.13 Å². The molecule has 0 saturated carbocycles. The molecule has 128 valence electrons. The summed E-state index contributed by atoms with van der Waals surface area (Å²) in [4.78, 5) is 0. The van der Waals surface area contributed by atoms with Crippen molar-refractivity contribution >= 4 is 27.6 Å². The molecule has 4 heteroatoms. The molecule has 2 nitrogen and oxygen atoms in total. The number of para-hydroxylation sites is 1. The first-order chi connectivity index (χ1) is 12.7. The molecule has 0 unspecified atom stereocenters. The normalized spacial score (nSPS) is 11.0. The molecule has 0 aliphatic rings. The molecule has 3 aromatic carbocycles. The van der Waals surface area contributed by atoms with E-state index in [0.717, 1.165) is 21.2 Å². The highest BCUT2D eigenvalue weighted by atomic mass is 79.9. The Morgan fingerprint density at radius 3 is 2.54 bits per heavy atom. The van der Waals surface area contributed by atoms with Crippen molar-refractivity contribution in [2.24, 2.45) is 0 Å². The Labute approximate surface area is 160 Å². The molecule has 0 saturated heterocycles. The molecule has 0 atom stereocenters. The summed E-state index contributed by atoms with van der Waals surface area (Å²) in [5.74, 6) is 0.350. The van der Waals surface area contributed by atoms with Crippen molar-refractivity contribution in [2.75, 3.05) is 0 Å². The molecule has 3 aromatic rings. The first-order valence-corrected chi connectivity index (χ1v) is 8.79. The van der Waals surface area contributed by atoms with Crippen LogP contribution in [-0.4, -0.2) is 0 Å². The number of nitrogens with zero attached hydrogens (tertiary/aromatic N) is 1. The molecule has 0 spiro atoms. The van der Waals surface area contributed by atoms with Crippen molar-refractivity contribution in [3.8, 4) is 11.8 Å². The van der Waals surface area contributed by atoms with Gasteiger partial charge in [-0.2, -0.15) is 5.26 Å². The molecule has 0 amide bonds. The van der Waals surface area contributed by atoms with E-state index in [0.29, 0.717) is 11.3 Å². The summed E-state index contributed by atoms with van der Waals surface area (Å²) in [5.41, 5.74) is 2.91. The molecule has 3 rings (SSSR count). The summed E-state index contributed by atoms with van der Waals surface area (Å²) >= 11 is 3.39. The molecule has 0 fully saturated rings. The Balaban J connectivity index is 1.86. The lowest BCUT2D eigenvalue weighted by Crippen LogP contribution is -1.97. The molecule has 0 aliphatic carbocycles. The second-order valence-electron chi connectivity index (χ2n) is 5.63. The van der Waals surface area contributed by atoms with Crippen molar-refractivity contribution in [2.45, 2.75) is 6.61 Å². The molecular formula is C22H15BrFNO. The highest BCUT2D eigenvalue weighted by molar-refractivity contribution is 9.10. The fourth-order valence-electron chi connectivity index (χ4n) is 2.48. The number of halogens is 2. The molecule has 0 bridgehead atoms. The largest absolute Gasteiger partial charge is 0.488 e. The van der Waals surface area contributed by atoms with Crippen LogP contribution in [0.3, 0.4) is 0 Å². The third-order valence-corrected chi connectivity index (χ3v) is 4.31. The van der Waals surface area contributed by atoms with Crippen LogP contribution in [0.2, 0.25) is 0 Å². The second kappa shape index (κ2) is 8.46. The van der Waals surface area contributed by atoms with Crippen LogP contribution in [0.15, 0.2) is 77.3 Å². The number of benzene rings is 3. The highest BCUT2D eigenvalue weighted by Crippen LogP contribution is 2.26. The number of nitriles is 1. The van der Waals surface area contributed by atoms with E-state index >= 15 is 0 Å². The van der Waals surface area contributed by atoms with Crippen LogP contribution < -0.4 is 4.74 Å². The first-order valence-electron chi connectivity index (χ1n) is 8.00. The van der Waals surface area contributed by atoms with Gasteiger partial charge < -0.3 is 4.74 Å². The molecule has 0 heterocycles. The van der Waals surface area contributed by atoms with Gasteiger partial charge in [-0.05, 0) is 47.5 Å². The average molecular weight is 408 g/mol. The smallest absolute Gasteiger partial charge is 0.127 e. The number of hydrogen-bond acceptors (Lipinski definition) is 2. The minimum absolute atomic E-state index is 0.253. The van der Waals surface area contributed by atoms with Crippen molar-refractivity contribution in [3.63, 3.8) is 0 Å². The summed E-state index contributed by atoms with van der Waals surface area (Å²) in [6.45, 7) is 0.253. The maximum absolute atomic E-state index is 13.3. The van der Waals surface area contributed by atoms with Gasteiger partial charge >= 0.3 is 0 Å². The van der Waals surface area contributed by atoms with Gasteiger partial charge in [0.2, 0.25) is 0 Å². The lowest BCUT2D eigenvalue weighted by molar-refractivity contribution is 0.305. The van der Waals surface area contributed by atoms with Crippen LogP contribution >= 0.6 is 15.9 Å². The van der Waals surface area contributed by atoms with Gasteiger partial charge in [-0.3, -0.25) is 0 Å². The summed E-state index contributed by atoms with van der Waals surface area (Å²) in [7, 11) is 0. The molecular weight excluding hydrogens is 393 g/mol. The van der Waals surface area contributed by atoms with Crippen LogP contribution in [-0.2, 0) is 6.61 Å². The van der Waals surface area contributed by atoms with E-state index in [1.54, 1.807) is 12.1 Å². The maximum atomic E-state index is 13.3. The zero-order valence-electron chi connectivity index (χ0n) is 13.8. The van der Waals surface area contributed by atoms with Crippen molar-refractivity contribution in [1.29, 1.82) is 5.26 Å². The van der Waals surface area contributed by atoms with E-state index in [2.05, 4.69) is 22.0 Å². The van der Waals surface area contributed by atoms with E-state index in [-0.39, 0.29) is 12.4 Å². The number of rotatable bonds is 5. The molecule has 26 heavy (non-hydrogen) atoms. The third-order valence-electron chi connectivity index (χ3n) is 3.78. The summed E-state index contributed by atoms with van der Waals surface area (Å²) in [6.07, 6.45) is 1.80. The predicted octanol–water partition coefficient (Wildman–Crippen LogP) is 6.23. The number of ether oxygens (including phenoxy) is 1. The fraction of sp³-hybridized carbons (Fsp3) is 0.0455. The minimum Gasteiger partial charge on any atom is -0.488 e. The Morgan fingerprint density at radius 1 is 1.04 bits per heavy atom. The van der Waals surface area contributed by atoms with Gasteiger partial charge in [0.1, 0.15) is 18.2 Å². The fourth-order valence-corrected chi connectivity index (χ4v) is 2.75. The Bertz CT molecular complexity index is 974. The zero-order chi connectivity index (χ0) is 18.4. The number of allylic oxidation sites excluding steroid dienone is 1. The SMILES string of the molecule is N#C/C(=C\c1ccccc1OCc1cccc(F)c1)c1ccc(Br)cc1. The van der Waals surface area contributed by atoms with E-state index in [1.165, 1.54) is 12.1 Å². The van der Waals surface area contributed by atoms with Crippen LogP contribution in [0.1, 0.15) is 16.7 Å². The Kier molecular flexibility index (Phi) is 5.83. The first kappa shape index (κ1) is 17.9. The maximum Gasteiger partial charge on any atom is 0.127 e. The predicted molar refractivity (Wildman–Crippen MR) is 105 cm³/mol. The van der Waals surface area contributed by atoms with E-state index in [1.807, 2.05) is 54.6 Å². The highest BCUT2D eigenvalue weighted by Gasteiger charge is 2.06. The zero-order valence-corrected chi connectivity index (χ0v) is 15.4. The van der Waals surface area contributed by atoms with Gasteiger partial charge in [0.25, 0.3) is 0 Å². The quantitative estimate of drug-likeness (QED) is 0.370. The van der Waals surface area contributed by atoms with Gasteiger partial charge in [0.05, 0.1) is 11.6 Å². The standard InChI is InChI=1S/C22H15BrFNO/c23-20-10-8-17(9-11-20)19(14-25)13-18-5-1-2-7-22(18)26-15-16-4-3-6-21(24)12-16/h1-13H,15H2/b19-13+. The third kappa shape index (κ3) is 4.59. The Morgan fingerprint density at radius 2 is 1.81 bits per heavy atom. The minimum atomic E-state index is -0.290. The summed E-state index contributed by atoms with van der Waals surface area (Å²) in [6, 6.07) is 23.6. The van der Waals surface area contributed by atoms with Gasteiger partial charge in [-0.1, -0.05) is 58.4 Å². The van der Waals surface area contributed by atoms with Gasteiger partial charge in [-0.15, -0.1) is 0 Å². The number of hydrogen-bond donors (Lipinski definition) is 0. The van der Waals surface area contributed by atoms with E-state index in [4.69, 9.17) is 4.74 Å². The van der Waals surface area contributed by atoms with Crippen molar-refractivity contribution in [1.82, 2.24) is 0 Å². The van der Waals surface area contributed by atoms with Gasteiger partial charge in [-0.25, -0.2) is 4.39 Å². The molecule has 0 aliphatic heterocycles. The average Bonchev–Trinajstić information content (AvgIpc) is 2.66. The summed E-state index contributed by atoms with van der Waals surface area (Å²) in [5, 5.41) is 9.53. The van der Waals surface area contributed by atoms with Crippen LogP contribution in [0, 0.1) is 17.1 Å². The monoisotopic (exact) mass is 407 g/mol. The van der Waals surface area contributed by atoms with Gasteiger partial charge in [0.15, 0.2) is 0 Å². The van der Waals surface area contributed by atoms with Crippen molar-refractivity contribution in [3.05, 3.63) is 99.8 Å².